The Bertz CT molecular complexity index is 297. The number of aromatic nitrogens is 3. The van der Waals surface area contributed by atoms with Crippen molar-refractivity contribution in [2.45, 2.75) is 26.8 Å². The molecule has 0 saturated heterocycles. The van der Waals surface area contributed by atoms with Gasteiger partial charge in [0.15, 0.2) is 0 Å². The second-order valence-electron chi connectivity index (χ2n) is 3.41. The van der Waals surface area contributed by atoms with Crippen molar-refractivity contribution >= 4 is 0 Å². The Morgan fingerprint density at radius 2 is 2.25 bits per heavy atom. The van der Waals surface area contributed by atoms with E-state index in [-0.39, 0.29) is 5.69 Å². The molecule has 0 unspecified atom stereocenters. The standard InChI is InChI=1S/C8H15N3O/c1-7(2)4-5-11-6-9-10(3)8(11)12/h6-7H,4-5H2,1-3H3. The zero-order valence-electron chi connectivity index (χ0n) is 7.82. The van der Waals surface area contributed by atoms with Crippen LogP contribution in [0.15, 0.2) is 11.1 Å². The molecule has 0 spiro atoms. The van der Waals surface area contributed by atoms with E-state index in [9.17, 15) is 4.79 Å². The molecule has 4 heteroatoms. The average molecular weight is 169 g/mol. The van der Waals surface area contributed by atoms with Crippen molar-refractivity contribution in [3.05, 3.63) is 16.8 Å². The Morgan fingerprint density at radius 3 is 2.67 bits per heavy atom. The zero-order valence-corrected chi connectivity index (χ0v) is 7.82. The van der Waals surface area contributed by atoms with Gasteiger partial charge in [-0.25, -0.2) is 9.48 Å². The average Bonchev–Trinajstić information content (AvgIpc) is 2.30. The largest absolute Gasteiger partial charge is 0.345 e. The number of hydrogen-bond acceptors (Lipinski definition) is 2. The van der Waals surface area contributed by atoms with Crippen LogP contribution in [0.1, 0.15) is 20.3 Å². The van der Waals surface area contributed by atoms with Crippen molar-refractivity contribution in [1.29, 1.82) is 0 Å². The lowest BCUT2D eigenvalue weighted by Gasteiger charge is -2.02. The summed E-state index contributed by atoms with van der Waals surface area (Å²) in [4.78, 5) is 11.2. The Kier molecular flexibility index (Phi) is 2.68. The monoisotopic (exact) mass is 169 g/mol. The summed E-state index contributed by atoms with van der Waals surface area (Å²) in [7, 11) is 1.66. The van der Waals surface area contributed by atoms with Crippen molar-refractivity contribution < 1.29 is 0 Å². The summed E-state index contributed by atoms with van der Waals surface area (Å²) in [5, 5.41) is 3.86. The number of hydrogen-bond donors (Lipinski definition) is 0. The smallest absolute Gasteiger partial charge is 0.282 e. The van der Waals surface area contributed by atoms with E-state index < -0.39 is 0 Å². The van der Waals surface area contributed by atoms with Crippen LogP contribution in [0, 0.1) is 5.92 Å². The van der Waals surface area contributed by atoms with Crippen LogP contribution in [-0.4, -0.2) is 14.3 Å². The van der Waals surface area contributed by atoms with Crippen LogP contribution in [0.4, 0.5) is 0 Å². The molecule has 0 aromatic carbocycles. The minimum absolute atomic E-state index is 0.0318. The lowest BCUT2D eigenvalue weighted by Crippen LogP contribution is -2.22. The number of rotatable bonds is 3. The van der Waals surface area contributed by atoms with E-state index in [0.29, 0.717) is 5.92 Å². The highest BCUT2D eigenvalue weighted by Crippen LogP contribution is 1.99. The van der Waals surface area contributed by atoms with E-state index in [1.807, 2.05) is 0 Å². The quantitative estimate of drug-likeness (QED) is 0.665. The first-order valence-electron chi connectivity index (χ1n) is 4.19. The fourth-order valence-electron chi connectivity index (χ4n) is 0.975. The van der Waals surface area contributed by atoms with Crippen LogP contribution in [-0.2, 0) is 13.6 Å². The molecule has 0 aliphatic heterocycles. The molecule has 0 aliphatic carbocycles. The maximum atomic E-state index is 11.2. The fourth-order valence-corrected chi connectivity index (χ4v) is 0.975. The van der Waals surface area contributed by atoms with Gasteiger partial charge in [0.05, 0.1) is 0 Å². The number of nitrogens with zero attached hydrogens (tertiary/aromatic N) is 3. The van der Waals surface area contributed by atoms with Gasteiger partial charge in [-0.05, 0) is 12.3 Å². The third-order valence-electron chi connectivity index (χ3n) is 1.83. The van der Waals surface area contributed by atoms with Crippen molar-refractivity contribution in [3.63, 3.8) is 0 Å². The highest BCUT2D eigenvalue weighted by Gasteiger charge is 2.01. The Balaban J connectivity index is 2.64. The molecule has 0 radical (unpaired) electrons. The van der Waals surface area contributed by atoms with Crippen LogP contribution in [0.2, 0.25) is 0 Å². The second-order valence-corrected chi connectivity index (χ2v) is 3.41. The van der Waals surface area contributed by atoms with Crippen molar-refractivity contribution in [1.82, 2.24) is 14.3 Å². The molecule has 0 saturated carbocycles. The van der Waals surface area contributed by atoms with Crippen LogP contribution in [0.5, 0.6) is 0 Å². The summed E-state index contributed by atoms with van der Waals surface area (Å²) in [5.41, 5.74) is -0.0318. The predicted octanol–water partition coefficient (Wildman–Crippen LogP) is 0.628. The summed E-state index contributed by atoms with van der Waals surface area (Å²) in [6, 6.07) is 0. The molecule has 68 valence electrons. The maximum absolute atomic E-state index is 11.2. The van der Waals surface area contributed by atoms with Gasteiger partial charge in [-0.3, -0.25) is 4.57 Å². The minimum atomic E-state index is -0.0318. The molecule has 0 aliphatic rings. The molecule has 1 rings (SSSR count). The summed E-state index contributed by atoms with van der Waals surface area (Å²) >= 11 is 0. The van der Waals surface area contributed by atoms with Crippen molar-refractivity contribution in [2.24, 2.45) is 13.0 Å². The molecule has 0 bridgehead atoms. The van der Waals surface area contributed by atoms with E-state index in [0.717, 1.165) is 13.0 Å². The summed E-state index contributed by atoms with van der Waals surface area (Å²) in [6.45, 7) is 5.05. The van der Waals surface area contributed by atoms with Crippen LogP contribution in [0.3, 0.4) is 0 Å². The van der Waals surface area contributed by atoms with E-state index >= 15 is 0 Å². The van der Waals surface area contributed by atoms with Crippen LogP contribution < -0.4 is 5.69 Å². The minimum Gasteiger partial charge on any atom is -0.282 e. The Hall–Kier alpha value is -1.06. The first-order valence-corrected chi connectivity index (χ1v) is 4.19. The zero-order chi connectivity index (χ0) is 9.14. The lowest BCUT2D eigenvalue weighted by molar-refractivity contribution is 0.504. The summed E-state index contributed by atoms with van der Waals surface area (Å²) < 4.78 is 2.99. The molecule has 1 heterocycles. The molecule has 0 fully saturated rings. The van der Waals surface area contributed by atoms with Crippen molar-refractivity contribution in [2.75, 3.05) is 0 Å². The van der Waals surface area contributed by atoms with Crippen LogP contribution in [0.25, 0.3) is 0 Å². The Morgan fingerprint density at radius 1 is 1.58 bits per heavy atom. The molecule has 1 aromatic rings. The van der Waals surface area contributed by atoms with Crippen molar-refractivity contribution in [3.8, 4) is 0 Å². The lowest BCUT2D eigenvalue weighted by atomic mass is 10.1. The predicted molar refractivity (Wildman–Crippen MR) is 46.9 cm³/mol. The SMILES string of the molecule is CC(C)CCn1cnn(C)c1=O. The van der Waals surface area contributed by atoms with Gasteiger partial charge in [0, 0.05) is 13.6 Å². The van der Waals surface area contributed by atoms with E-state index in [1.54, 1.807) is 17.9 Å². The third-order valence-corrected chi connectivity index (χ3v) is 1.83. The third kappa shape index (κ3) is 1.96. The van der Waals surface area contributed by atoms with Crippen LogP contribution >= 0.6 is 0 Å². The van der Waals surface area contributed by atoms with Gasteiger partial charge in [-0.2, -0.15) is 5.10 Å². The van der Waals surface area contributed by atoms with Gasteiger partial charge in [0.2, 0.25) is 0 Å². The molecule has 1 aromatic heterocycles. The highest BCUT2D eigenvalue weighted by molar-refractivity contribution is 4.66. The normalized spacial score (nSPS) is 11.0. The van der Waals surface area contributed by atoms with E-state index in [2.05, 4.69) is 18.9 Å². The van der Waals surface area contributed by atoms with Gasteiger partial charge in [-0.1, -0.05) is 13.8 Å². The molecule has 12 heavy (non-hydrogen) atoms. The summed E-state index contributed by atoms with van der Waals surface area (Å²) in [6.07, 6.45) is 2.61. The molecule has 0 amide bonds. The molecular formula is C8H15N3O. The second kappa shape index (κ2) is 3.56. The molecule has 4 nitrogen and oxygen atoms in total. The van der Waals surface area contributed by atoms with Gasteiger partial charge in [-0.15, -0.1) is 0 Å². The molecule has 0 atom stereocenters. The van der Waals surface area contributed by atoms with E-state index in [4.69, 9.17) is 0 Å². The maximum Gasteiger partial charge on any atom is 0.345 e. The van der Waals surface area contributed by atoms with Gasteiger partial charge >= 0.3 is 5.69 Å². The Labute approximate surface area is 71.8 Å². The summed E-state index contributed by atoms with van der Waals surface area (Å²) in [5.74, 6) is 0.622. The van der Waals surface area contributed by atoms with Gasteiger partial charge < -0.3 is 0 Å². The first-order chi connectivity index (χ1) is 5.61. The molecular weight excluding hydrogens is 154 g/mol. The number of aryl methyl sites for hydroxylation is 2. The highest BCUT2D eigenvalue weighted by atomic mass is 16.2. The van der Waals surface area contributed by atoms with Gasteiger partial charge in [0.1, 0.15) is 6.33 Å². The van der Waals surface area contributed by atoms with Gasteiger partial charge in [0.25, 0.3) is 0 Å². The first kappa shape index (κ1) is 9.03. The molecule has 0 N–H and O–H groups in total. The van der Waals surface area contributed by atoms with E-state index in [1.165, 1.54) is 4.68 Å². The fraction of sp³-hybridized carbons (Fsp3) is 0.750. The topological polar surface area (TPSA) is 39.8 Å².